The van der Waals surface area contributed by atoms with Gasteiger partial charge in [-0.3, -0.25) is 0 Å². The lowest BCUT2D eigenvalue weighted by atomic mass is 10.2. The Bertz CT molecular complexity index is 449. The minimum absolute atomic E-state index is 0.0562. The van der Waals surface area contributed by atoms with E-state index < -0.39 is 0 Å². The first-order valence-corrected chi connectivity index (χ1v) is 4.02. The lowest BCUT2D eigenvalue weighted by molar-refractivity contribution is 0.274. The van der Waals surface area contributed by atoms with Crippen LogP contribution < -0.4 is 0 Å². The number of aliphatic hydroxyl groups is 1. The largest absolute Gasteiger partial charge is 0.390 e. The zero-order valence-electron chi connectivity index (χ0n) is 7.52. The zero-order valence-corrected chi connectivity index (χ0v) is 7.52. The first-order chi connectivity index (χ1) is 6.22. The molecule has 5 heteroatoms. The highest BCUT2D eigenvalue weighted by Crippen LogP contribution is 2.08. The van der Waals surface area contributed by atoms with Crippen molar-refractivity contribution in [3.63, 3.8) is 0 Å². The third-order valence-electron chi connectivity index (χ3n) is 1.99. The van der Waals surface area contributed by atoms with Gasteiger partial charge in [0.1, 0.15) is 0 Å². The molecule has 0 fully saturated rings. The molecule has 0 aromatic carbocycles. The van der Waals surface area contributed by atoms with E-state index >= 15 is 0 Å². The van der Waals surface area contributed by atoms with Gasteiger partial charge < -0.3 is 5.11 Å². The van der Waals surface area contributed by atoms with Gasteiger partial charge in [-0.05, 0) is 25.5 Å². The van der Waals surface area contributed by atoms with Crippen molar-refractivity contribution in [2.75, 3.05) is 0 Å². The van der Waals surface area contributed by atoms with Gasteiger partial charge >= 0.3 is 0 Å². The van der Waals surface area contributed by atoms with Crippen molar-refractivity contribution in [1.29, 1.82) is 0 Å². The molecule has 0 saturated heterocycles. The summed E-state index contributed by atoms with van der Waals surface area (Å²) in [6.45, 7) is 3.66. The minimum Gasteiger partial charge on any atom is -0.390 e. The standard InChI is InChI=1S/C8H10N4O/c1-5-3-8-10-9-6(2)12(8)11-7(5)4-13/h3,13H,4H2,1-2H3. The highest BCUT2D eigenvalue weighted by molar-refractivity contribution is 5.40. The van der Waals surface area contributed by atoms with Crippen LogP contribution in [0.4, 0.5) is 0 Å². The number of nitrogens with zero attached hydrogens (tertiary/aromatic N) is 4. The van der Waals surface area contributed by atoms with Crippen LogP contribution in [0.5, 0.6) is 0 Å². The van der Waals surface area contributed by atoms with Crippen LogP contribution in [0.2, 0.25) is 0 Å². The number of aryl methyl sites for hydroxylation is 2. The fourth-order valence-corrected chi connectivity index (χ4v) is 1.22. The SMILES string of the molecule is Cc1cc2nnc(C)n2nc1CO. The third kappa shape index (κ3) is 1.17. The molecule has 0 atom stereocenters. The molecular weight excluding hydrogens is 168 g/mol. The third-order valence-corrected chi connectivity index (χ3v) is 1.99. The van der Waals surface area contributed by atoms with E-state index in [4.69, 9.17) is 5.11 Å². The van der Waals surface area contributed by atoms with Crippen molar-refractivity contribution in [3.8, 4) is 0 Å². The van der Waals surface area contributed by atoms with Gasteiger partial charge in [-0.2, -0.15) is 9.61 Å². The van der Waals surface area contributed by atoms with Crippen molar-refractivity contribution in [1.82, 2.24) is 19.8 Å². The molecule has 2 aromatic heterocycles. The van der Waals surface area contributed by atoms with Crippen LogP contribution in [-0.2, 0) is 6.61 Å². The molecule has 0 unspecified atom stereocenters. The average Bonchev–Trinajstić information content (AvgIpc) is 2.46. The summed E-state index contributed by atoms with van der Waals surface area (Å²) < 4.78 is 1.62. The minimum atomic E-state index is -0.0562. The molecule has 2 heterocycles. The normalized spacial score (nSPS) is 11.0. The second-order valence-electron chi connectivity index (χ2n) is 2.95. The maximum atomic E-state index is 8.99. The summed E-state index contributed by atoms with van der Waals surface area (Å²) in [5, 5.41) is 21.0. The molecule has 0 aliphatic heterocycles. The zero-order chi connectivity index (χ0) is 9.42. The van der Waals surface area contributed by atoms with Gasteiger partial charge in [-0.15, -0.1) is 10.2 Å². The summed E-state index contributed by atoms with van der Waals surface area (Å²) in [5.74, 6) is 0.727. The van der Waals surface area contributed by atoms with E-state index in [0.29, 0.717) is 11.3 Å². The smallest absolute Gasteiger partial charge is 0.178 e. The maximum absolute atomic E-state index is 8.99. The summed E-state index contributed by atoms with van der Waals surface area (Å²) in [6.07, 6.45) is 0. The Balaban J connectivity index is 2.77. The topological polar surface area (TPSA) is 63.3 Å². The lowest BCUT2D eigenvalue weighted by Gasteiger charge is -2.01. The van der Waals surface area contributed by atoms with E-state index in [0.717, 1.165) is 11.4 Å². The Morgan fingerprint density at radius 1 is 1.38 bits per heavy atom. The first kappa shape index (κ1) is 8.12. The number of hydrogen-bond donors (Lipinski definition) is 1. The van der Waals surface area contributed by atoms with E-state index in [2.05, 4.69) is 15.3 Å². The van der Waals surface area contributed by atoms with Crippen molar-refractivity contribution in [2.45, 2.75) is 20.5 Å². The predicted octanol–water partition coefficient (Wildman–Crippen LogP) is 0.233. The van der Waals surface area contributed by atoms with Crippen molar-refractivity contribution in [2.24, 2.45) is 0 Å². The molecule has 0 aliphatic rings. The summed E-state index contributed by atoms with van der Waals surface area (Å²) in [4.78, 5) is 0. The number of fused-ring (bicyclic) bond motifs is 1. The first-order valence-electron chi connectivity index (χ1n) is 4.02. The van der Waals surface area contributed by atoms with Gasteiger partial charge in [-0.25, -0.2) is 0 Å². The maximum Gasteiger partial charge on any atom is 0.178 e. The Morgan fingerprint density at radius 2 is 2.15 bits per heavy atom. The molecule has 0 amide bonds. The Labute approximate surface area is 75.0 Å². The van der Waals surface area contributed by atoms with Crippen molar-refractivity contribution < 1.29 is 5.11 Å². The van der Waals surface area contributed by atoms with Gasteiger partial charge in [0, 0.05) is 0 Å². The van der Waals surface area contributed by atoms with Gasteiger partial charge in [0.05, 0.1) is 12.3 Å². The molecule has 1 N–H and O–H groups in total. The quantitative estimate of drug-likeness (QED) is 0.679. The van der Waals surface area contributed by atoms with E-state index in [9.17, 15) is 0 Å². The van der Waals surface area contributed by atoms with Gasteiger partial charge in [0.25, 0.3) is 0 Å². The van der Waals surface area contributed by atoms with Crippen LogP contribution >= 0.6 is 0 Å². The molecule has 2 rings (SSSR count). The fourth-order valence-electron chi connectivity index (χ4n) is 1.22. The van der Waals surface area contributed by atoms with Gasteiger partial charge in [0.15, 0.2) is 11.5 Å². The lowest BCUT2D eigenvalue weighted by Crippen LogP contribution is -2.02. The van der Waals surface area contributed by atoms with Crippen LogP contribution in [0.25, 0.3) is 5.65 Å². The van der Waals surface area contributed by atoms with Gasteiger partial charge in [-0.1, -0.05) is 0 Å². The number of aromatic nitrogens is 4. The van der Waals surface area contributed by atoms with Crippen LogP contribution in [0, 0.1) is 13.8 Å². The summed E-state index contributed by atoms with van der Waals surface area (Å²) in [7, 11) is 0. The second-order valence-corrected chi connectivity index (χ2v) is 2.95. The summed E-state index contributed by atoms with van der Waals surface area (Å²) in [6, 6.07) is 1.86. The van der Waals surface area contributed by atoms with E-state index in [1.54, 1.807) is 4.52 Å². The highest BCUT2D eigenvalue weighted by atomic mass is 16.3. The Morgan fingerprint density at radius 3 is 2.85 bits per heavy atom. The van der Waals surface area contributed by atoms with Crippen LogP contribution in [0.3, 0.4) is 0 Å². The molecular formula is C8H10N4O. The number of hydrogen-bond acceptors (Lipinski definition) is 4. The molecule has 68 valence electrons. The van der Waals surface area contributed by atoms with Crippen LogP contribution in [0.15, 0.2) is 6.07 Å². The second kappa shape index (κ2) is 2.77. The number of aliphatic hydroxyl groups excluding tert-OH is 1. The summed E-state index contributed by atoms with van der Waals surface area (Å²) >= 11 is 0. The van der Waals surface area contributed by atoms with E-state index in [1.807, 2.05) is 19.9 Å². The Hall–Kier alpha value is -1.49. The fraction of sp³-hybridized carbons (Fsp3) is 0.375. The molecule has 13 heavy (non-hydrogen) atoms. The van der Waals surface area contributed by atoms with Crippen LogP contribution in [0.1, 0.15) is 17.1 Å². The molecule has 0 saturated carbocycles. The Kier molecular flexibility index (Phi) is 1.73. The van der Waals surface area contributed by atoms with E-state index in [-0.39, 0.29) is 6.61 Å². The number of rotatable bonds is 1. The van der Waals surface area contributed by atoms with Crippen molar-refractivity contribution in [3.05, 3.63) is 23.1 Å². The summed E-state index contributed by atoms with van der Waals surface area (Å²) in [5.41, 5.74) is 2.31. The predicted molar refractivity (Wildman–Crippen MR) is 46.2 cm³/mol. The molecule has 0 spiro atoms. The molecule has 5 nitrogen and oxygen atoms in total. The van der Waals surface area contributed by atoms with Crippen LogP contribution in [-0.4, -0.2) is 24.9 Å². The van der Waals surface area contributed by atoms with Gasteiger partial charge in [0.2, 0.25) is 0 Å². The molecule has 0 radical (unpaired) electrons. The monoisotopic (exact) mass is 178 g/mol. The average molecular weight is 178 g/mol. The molecule has 0 bridgehead atoms. The highest BCUT2D eigenvalue weighted by Gasteiger charge is 2.05. The van der Waals surface area contributed by atoms with E-state index in [1.165, 1.54) is 0 Å². The molecule has 2 aromatic rings. The molecule has 0 aliphatic carbocycles. The van der Waals surface area contributed by atoms with Crippen molar-refractivity contribution >= 4 is 5.65 Å².